The van der Waals surface area contributed by atoms with Crippen LogP contribution in [-0.2, 0) is 0 Å². The number of benzene rings is 1. The molecule has 0 aliphatic carbocycles. The van der Waals surface area contributed by atoms with E-state index in [2.05, 4.69) is 24.9 Å². The summed E-state index contributed by atoms with van der Waals surface area (Å²) in [5.41, 5.74) is 3.09. The van der Waals surface area contributed by atoms with Gasteiger partial charge in [-0.25, -0.2) is 0 Å². The first kappa shape index (κ1) is 17.3. The number of hydrogen-bond donors (Lipinski definition) is 1. The Kier molecular flexibility index (Phi) is 6.41. The van der Waals surface area contributed by atoms with Crippen LogP contribution in [0.2, 0.25) is 0 Å². The van der Waals surface area contributed by atoms with Crippen LogP contribution in [0.15, 0.2) is 36.7 Å². The molecular formula is C19H25NO3. The number of aliphatic hydroxyl groups excluding tert-OH is 1. The van der Waals surface area contributed by atoms with Crippen molar-refractivity contribution in [3.63, 3.8) is 0 Å². The van der Waals surface area contributed by atoms with Gasteiger partial charge in [0.05, 0.1) is 13.7 Å². The average Bonchev–Trinajstić information content (AvgIpc) is 2.61. The van der Waals surface area contributed by atoms with E-state index in [4.69, 9.17) is 9.47 Å². The molecule has 1 aromatic heterocycles. The quantitative estimate of drug-likeness (QED) is 0.799. The standard InChI is InChI=1S/C19H25NO3/c1-4-8-23-19-10-15(6-7-18(19)22-3)17-9-16(11-20-12-17)14(5-2)13-21/h6-7,9-12,14,21H,4-5,8,13H2,1-3H3. The summed E-state index contributed by atoms with van der Waals surface area (Å²) in [5, 5.41) is 9.49. The van der Waals surface area contributed by atoms with Crippen LogP contribution in [-0.4, -0.2) is 30.4 Å². The lowest BCUT2D eigenvalue weighted by atomic mass is 9.96. The maximum absolute atomic E-state index is 9.49. The largest absolute Gasteiger partial charge is 0.493 e. The van der Waals surface area contributed by atoms with E-state index in [1.54, 1.807) is 7.11 Å². The molecule has 23 heavy (non-hydrogen) atoms. The molecule has 0 radical (unpaired) electrons. The summed E-state index contributed by atoms with van der Waals surface area (Å²) in [6.07, 6.45) is 5.49. The lowest BCUT2D eigenvalue weighted by molar-refractivity contribution is 0.262. The van der Waals surface area contributed by atoms with Gasteiger partial charge in [0.2, 0.25) is 0 Å². The lowest BCUT2D eigenvalue weighted by Gasteiger charge is -2.14. The van der Waals surface area contributed by atoms with Gasteiger partial charge >= 0.3 is 0 Å². The number of nitrogens with zero attached hydrogens (tertiary/aromatic N) is 1. The molecule has 0 fully saturated rings. The number of pyridine rings is 1. The van der Waals surface area contributed by atoms with Crippen LogP contribution in [0, 0.1) is 0 Å². The van der Waals surface area contributed by atoms with Crippen LogP contribution >= 0.6 is 0 Å². The van der Waals surface area contributed by atoms with Gasteiger partial charge in [-0.2, -0.15) is 0 Å². The van der Waals surface area contributed by atoms with E-state index in [0.29, 0.717) is 6.61 Å². The van der Waals surface area contributed by atoms with E-state index >= 15 is 0 Å². The number of ether oxygens (including phenoxy) is 2. The van der Waals surface area contributed by atoms with Crippen LogP contribution in [0.1, 0.15) is 38.2 Å². The third-order valence-corrected chi connectivity index (χ3v) is 3.90. The highest BCUT2D eigenvalue weighted by molar-refractivity contribution is 5.67. The summed E-state index contributed by atoms with van der Waals surface area (Å²) in [6, 6.07) is 7.98. The number of aliphatic hydroxyl groups is 1. The van der Waals surface area contributed by atoms with Crippen LogP contribution in [0.3, 0.4) is 0 Å². The molecule has 1 heterocycles. The first-order chi connectivity index (χ1) is 11.2. The lowest BCUT2D eigenvalue weighted by Crippen LogP contribution is -2.03. The molecule has 0 bridgehead atoms. The van der Waals surface area contributed by atoms with Crippen molar-refractivity contribution in [3.05, 3.63) is 42.2 Å². The summed E-state index contributed by atoms with van der Waals surface area (Å²) in [6.45, 7) is 4.93. The molecule has 0 spiro atoms. The first-order valence-electron chi connectivity index (χ1n) is 8.10. The van der Waals surface area contributed by atoms with Crippen molar-refractivity contribution in [1.82, 2.24) is 4.98 Å². The van der Waals surface area contributed by atoms with Gasteiger partial charge in [-0.05, 0) is 42.2 Å². The highest BCUT2D eigenvalue weighted by atomic mass is 16.5. The number of aromatic nitrogens is 1. The Morgan fingerprint density at radius 1 is 1.09 bits per heavy atom. The first-order valence-corrected chi connectivity index (χ1v) is 8.10. The van der Waals surface area contributed by atoms with E-state index < -0.39 is 0 Å². The molecule has 2 aromatic rings. The van der Waals surface area contributed by atoms with E-state index in [1.807, 2.05) is 30.6 Å². The number of hydrogen-bond acceptors (Lipinski definition) is 4. The highest BCUT2D eigenvalue weighted by Gasteiger charge is 2.11. The summed E-state index contributed by atoms with van der Waals surface area (Å²) in [7, 11) is 1.64. The Morgan fingerprint density at radius 2 is 1.91 bits per heavy atom. The fourth-order valence-corrected chi connectivity index (χ4v) is 2.49. The van der Waals surface area contributed by atoms with Gasteiger partial charge < -0.3 is 14.6 Å². The molecule has 0 saturated carbocycles. The van der Waals surface area contributed by atoms with Crippen molar-refractivity contribution >= 4 is 0 Å². The zero-order valence-electron chi connectivity index (χ0n) is 14.1. The van der Waals surface area contributed by atoms with Crippen molar-refractivity contribution in [2.75, 3.05) is 20.3 Å². The van der Waals surface area contributed by atoms with Gasteiger partial charge in [-0.15, -0.1) is 0 Å². The summed E-state index contributed by atoms with van der Waals surface area (Å²) < 4.78 is 11.1. The zero-order valence-corrected chi connectivity index (χ0v) is 14.1. The molecular weight excluding hydrogens is 290 g/mol. The molecule has 4 heteroatoms. The highest BCUT2D eigenvalue weighted by Crippen LogP contribution is 2.33. The fraction of sp³-hybridized carbons (Fsp3) is 0.421. The molecule has 1 N–H and O–H groups in total. The van der Waals surface area contributed by atoms with Crippen LogP contribution in [0.25, 0.3) is 11.1 Å². The second-order valence-corrected chi connectivity index (χ2v) is 5.51. The summed E-state index contributed by atoms with van der Waals surface area (Å²) >= 11 is 0. The molecule has 1 atom stereocenters. The molecule has 124 valence electrons. The van der Waals surface area contributed by atoms with Gasteiger partial charge in [0.25, 0.3) is 0 Å². The Labute approximate surface area is 138 Å². The fourth-order valence-electron chi connectivity index (χ4n) is 2.49. The maximum Gasteiger partial charge on any atom is 0.161 e. The SMILES string of the molecule is CCCOc1cc(-c2cncc(C(CC)CO)c2)ccc1OC. The van der Waals surface area contributed by atoms with E-state index in [-0.39, 0.29) is 12.5 Å². The predicted molar refractivity (Wildman–Crippen MR) is 92.1 cm³/mol. The summed E-state index contributed by atoms with van der Waals surface area (Å²) in [4.78, 5) is 4.33. The molecule has 0 amide bonds. The smallest absolute Gasteiger partial charge is 0.161 e. The van der Waals surface area contributed by atoms with Crippen molar-refractivity contribution in [2.45, 2.75) is 32.6 Å². The van der Waals surface area contributed by atoms with Crippen LogP contribution in [0.5, 0.6) is 11.5 Å². The van der Waals surface area contributed by atoms with E-state index in [1.165, 1.54) is 0 Å². The van der Waals surface area contributed by atoms with E-state index in [0.717, 1.165) is 41.0 Å². The maximum atomic E-state index is 9.49. The van der Waals surface area contributed by atoms with Crippen molar-refractivity contribution in [1.29, 1.82) is 0 Å². The van der Waals surface area contributed by atoms with Gasteiger partial charge in [0, 0.05) is 30.5 Å². The molecule has 1 aromatic carbocycles. The van der Waals surface area contributed by atoms with Gasteiger partial charge in [0.15, 0.2) is 11.5 Å². The predicted octanol–water partition coefficient (Wildman–Crippen LogP) is 4.03. The van der Waals surface area contributed by atoms with Gasteiger partial charge in [0.1, 0.15) is 0 Å². The minimum atomic E-state index is 0.122. The normalized spacial score (nSPS) is 12.0. The number of methoxy groups -OCH3 is 1. The molecule has 4 nitrogen and oxygen atoms in total. The topological polar surface area (TPSA) is 51.6 Å². The van der Waals surface area contributed by atoms with Gasteiger partial charge in [-0.3, -0.25) is 4.98 Å². The average molecular weight is 315 g/mol. The molecule has 0 aliphatic rings. The minimum absolute atomic E-state index is 0.122. The van der Waals surface area contributed by atoms with Gasteiger partial charge in [-0.1, -0.05) is 19.9 Å². The Balaban J connectivity index is 2.36. The Hall–Kier alpha value is -2.07. The molecule has 0 aliphatic heterocycles. The molecule has 2 rings (SSSR count). The third kappa shape index (κ3) is 4.23. The second kappa shape index (κ2) is 8.53. The Bertz CT molecular complexity index is 624. The third-order valence-electron chi connectivity index (χ3n) is 3.90. The van der Waals surface area contributed by atoms with Crippen LogP contribution in [0.4, 0.5) is 0 Å². The van der Waals surface area contributed by atoms with Crippen molar-refractivity contribution in [2.24, 2.45) is 0 Å². The summed E-state index contributed by atoms with van der Waals surface area (Å²) in [5.74, 6) is 1.59. The number of rotatable bonds is 8. The van der Waals surface area contributed by atoms with Crippen molar-refractivity contribution in [3.8, 4) is 22.6 Å². The molecule has 0 saturated heterocycles. The molecule has 1 unspecified atom stereocenters. The minimum Gasteiger partial charge on any atom is -0.493 e. The zero-order chi connectivity index (χ0) is 16.7. The van der Waals surface area contributed by atoms with Crippen LogP contribution < -0.4 is 9.47 Å². The Morgan fingerprint density at radius 3 is 2.57 bits per heavy atom. The second-order valence-electron chi connectivity index (χ2n) is 5.51. The van der Waals surface area contributed by atoms with Crippen molar-refractivity contribution < 1.29 is 14.6 Å². The monoisotopic (exact) mass is 315 g/mol. The van der Waals surface area contributed by atoms with E-state index in [9.17, 15) is 5.11 Å².